The maximum absolute atomic E-state index is 2.25. The van der Waals surface area contributed by atoms with E-state index in [1.165, 1.54) is 25.8 Å². The van der Waals surface area contributed by atoms with E-state index in [0.29, 0.717) is 0 Å². The molecule has 0 unspecified atom stereocenters. The third-order valence-electron chi connectivity index (χ3n) is 3.61. The van der Waals surface area contributed by atoms with Crippen LogP contribution in [-0.2, 0) is 5.41 Å². The predicted molar refractivity (Wildman–Crippen MR) is 102 cm³/mol. The van der Waals surface area contributed by atoms with Gasteiger partial charge >= 0.3 is 0 Å². The highest BCUT2D eigenvalue weighted by Crippen LogP contribution is 2.32. The molecule has 1 aromatic carbocycles. The van der Waals surface area contributed by atoms with Gasteiger partial charge in [0.25, 0.3) is 0 Å². The van der Waals surface area contributed by atoms with Crippen molar-refractivity contribution in [3.8, 4) is 9.75 Å². The van der Waals surface area contributed by atoms with E-state index in [2.05, 4.69) is 86.8 Å². The summed E-state index contributed by atoms with van der Waals surface area (Å²) in [5, 5.41) is 2.13. The summed E-state index contributed by atoms with van der Waals surface area (Å²) in [6.07, 6.45) is 4.39. The molecule has 0 spiro atoms. The SMILES string of the molecule is CC(C)(C)c1ccc(/C=C/c2ccc(-c3cccs3)s2)cc1. The number of benzene rings is 1. The number of hydrogen-bond acceptors (Lipinski definition) is 2. The van der Waals surface area contributed by atoms with Crippen LogP contribution in [0.15, 0.2) is 53.9 Å². The van der Waals surface area contributed by atoms with Crippen LogP contribution in [0.5, 0.6) is 0 Å². The molecule has 0 nitrogen and oxygen atoms in total. The van der Waals surface area contributed by atoms with Crippen LogP contribution in [0.1, 0.15) is 36.8 Å². The van der Waals surface area contributed by atoms with Crippen LogP contribution in [-0.4, -0.2) is 0 Å². The van der Waals surface area contributed by atoms with Gasteiger partial charge in [-0.2, -0.15) is 0 Å². The van der Waals surface area contributed by atoms with Crippen molar-refractivity contribution < 1.29 is 0 Å². The minimum absolute atomic E-state index is 0.214. The fourth-order valence-corrected chi connectivity index (χ4v) is 4.01. The molecule has 0 radical (unpaired) electrons. The van der Waals surface area contributed by atoms with E-state index in [0.717, 1.165) is 0 Å². The second-order valence-corrected chi connectivity index (χ2v) is 8.45. The van der Waals surface area contributed by atoms with Gasteiger partial charge in [-0.25, -0.2) is 0 Å². The second kappa shape index (κ2) is 6.23. The standard InChI is InChI=1S/C20H20S2/c1-20(2,3)16-9-6-15(7-10-16)8-11-17-12-13-19(22-17)18-5-4-14-21-18/h4-14H,1-3H3/b11-8+. The molecule has 0 aliphatic rings. The molecule has 3 rings (SSSR count). The van der Waals surface area contributed by atoms with Gasteiger partial charge in [0.1, 0.15) is 0 Å². The Labute approximate surface area is 140 Å². The van der Waals surface area contributed by atoms with Crippen molar-refractivity contribution in [3.05, 3.63) is 69.9 Å². The summed E-state index contributed by atoms with van der Waals surface area (Å²) in [6, 6.07) is 17.5. The summed E-state index contributed by atoms with van der Waals surface area (Å²) in [5.74, 6) is 0. The van der Waals surface area contributed by atoms with Crippen LogP contribution in [0.25, 0.3) is 21.9 Å². The molecular formula is C20H20S2. The van der Waals surface area contributed by atoms with Gasteiger partial charge < -0.3 is 0 Å². The Bertz CT molecular complexity index is 751. The summed E-state index contributed by atoms with van der Waals surface area (Å²) in [5.41, 5.74) is 2.84. The Kier molecular flexibility index (Phi) is 4.32. The summed E-state index contributed by atoms with van der Waals surface area (Å²) in [7, 11) is 0. The molecule has 0 amide bonds. The Hall–Kier alpha value is -1.64. The highest BCUT2D eigenvalue weighted by molar-refractivity contribution is 7.21. The molecule has 0 bridgehead atoms. The topological polar surface area (TPSA) is 0 Å². The predicted octanol–water partition coefficient (Wildman–Crippen LogP) is 6.94. The fourth-order valence-electron chi connectivity index (χ4n) is 2.27. The smallest absolute Gasteiger partial charge is 0.0448 e. The first-order chi connectivity index (χ1) is 10.5. The average Bonchev–Trinajstić information content (AvgIpc) is 3.15. The van der Waals surface area contributed by atoms with E-state index >= 15 is 0 Å². The van der Waals surface area contributed by atoms with Crippen LogP contribution < -0.4 is 0 Å². The van der Waals surface area contributed by atoms with Gasteiger partial charge in [-0.15, -0.1) is 22.7 Å². The van der Waals surface area contributed by atoms with E-state index in [9.17, 15) is 0 Å². The van der Waals surface area contributed by atoms with E-state index < -0.39 is 0 Å². The van der Waals surface area contributed by atoms with Crippen molar-refractivity contribution in [2.24, 2.45) is 0 Å². The largest absolute Gasteiger partial charge is 0.143 e. The molecule has 0 N–H and O–H groups in total. The van der Waals surface area contributed by atoms with Crippen LogP contribution in [0.3, 0.4) is 0 Å². The van der Waals surface area contributed by atoms with Crippen LogP contribution >= 0.6 is 22.7 Å². The lowest BCUT2D eigenvalue weighted by atomic mass is 9.87. The first-order valence-corrected chi connectivity index (χ1v) is 9.14. The van der Waals surface area contributed by atoms with Crippen molar-refractivity contribution >= 4 is 34.8 Å². The molecule has 0 fully saturated rings. The van der Waals surface area contributed by atoms with E-state index in [4.69, 9.17) is 0 Å². The molecule has 22 heavy (non-hydrogen) atoms. The first-order valence-electron chi connectivity index (χ1n) is 7.45. The Morgan fingerprint density at radius 2 is 1.59 bits per heavy atom. The zero-order chi connectivity index (χ0) is 15.6. The molecule has 112 valence electrons. The van der Waals surface area contributed by atoms with Gasteiger partial charge in [0, 0.05) is 14.6 Å². The zero-order valence-electron chi connectivity index (χ0n) is 13.2. The van der Waals surface area contributed by atoms with E-state index in [1.54, 1.807) is 11.3 Å². The molecule has 0 aliphatic heterocycles. The summed E-state index contributed by atoms with van der Waals surface area (Å²) >= 11 is 3.63. The Balaban J connectivity index is 1.74. The highest BCUT2D eigenvalue weighted by atomic mass is 32.1. The zero-order valence-corrected chi connectivity index (χ0v) is 14.8. The highest BCUT2D eigenvalue weighted by Gasteiger charge is 2.12. The summed E-state index contributed by atoms with van der Waals surface area (Å²) in [4.78, 5) is 3.99. The minimum atomic E-state index is 0.214. The van der Waals surface area contributed by atoms with Gasteiger partial charge in [0.15, 0.2) is 0 Å². The van der Waals surface area contributed by atoms with Crippen molar-refractivity contribution in [1.82, 2.24) is 0 Å². The quantitative estimate of drug-likeness (QED) is 0.489. The molecule has 0 aliphatic carbocycles. The molecule has 2 heterocycles. The average molecular weight is 325 g/mol. The van der Waals surface area contributed by atoms with Crippen LogP contribution in [0.2, 0.25) is 0 Å². The maximum atomic E-state index is 2.25. The van der Waals surface area contributed by atoms with E-state index in [-0.39, 0.29) is 5.41 Å². The molecular weight excluding hydrogens is 304 g/mol. The fraction of sp³-hybridized carbons (Fsp3) is 0.200. The normalized spacial score (nSPS) is 12.1. The van der Waals surface area contributed by atoms with Crippen LogP contribution in [0, 0.1) is 0 Å². The lowest BCUT2D eigenvalue weighted by Crippen LogP contribution is -2.10. The van der Waals surface area contributed by atoms with E-state index in [1.807, 2.05) is 11.3 Å². The van der Waals surface area contributed by atoms with Gasteiger partial charge in [-0.1, -0.05) is 57.2 Å². The van der Waals surface area contributed by atoms with Gasteiger partial charge in [0.2, 0.25) is 0 Å². The lowest BCUT2D eigenvalue weighted by Gasteiger charge is -2.18. The molecule has 2 heteroatoms. The van der Waals surface area contributed by atoms with Crippen molar-refractivity contribution in [3.63, 3.8) is 0 Å². The summed E-state index contributed by atoms with van der Waals surface area (Å²) < 4.78 is 0. The molecule has 2 aromatic heterocycles. The van der Waals surface area contributed by atoms with Gasteiger partial charge in [0.05, 0.1) is 0 Å². The van der Waals surface area contributed by atoms with Gasteiger partial charge in [-0.3, -0.25) is 0 Å². The Morgan fingerprint density at radius 3 is 2.23 bits per heavy atom. The maximum Gasteiger partial charge on any atom is 0.0448 e. The van der Waals surface area contributed by atoms with Crippen LogP contribution in [0.4, 0.5) is 0 Å². The van der Waals surface area contributed by atoms with Crippen molar-refractivity contribution in [2.45, 2.75) is 26.2 Å². The first kappa shape index (κ1) is 15.3. The van der Waals surface area contributed by atoms with Gasteiger partial charge in [-0.05, 0) is 46.2 Å². The lowest BCUT2D eigenvalue weighted by molar-refractivity contribution is 0.590. The second-order valence-electron chi connectivity index (χ2n) is 6.38. The summed E-state index contributed by atoms with van der Waals surface area (Å²) in [6.45, 7) is 6.74. The minimum Gasteiger partial charge on any atom is -0.143 e. The number of thiophene rings is 2. The molecule has 3 aromatic rings. The molecule has 0 atom stereocenters. The number of hydrogen-bond donors (Lipinski definition) is 0. The molecule has 0 saturated carbocycles. The third kappa shape index (κ3) is 3.57. The van der Waals surface area contributed by atoms with Crippen molar-refractivity contribution in [1.29, 1.82) is 0 Å². The van der Waals surface area contributed by atoms with Crippen molar-refractivity contribution in [2.75, 3.05) is 0 Å². The Morgan fingerprint density at radius 1 is 0.818 bits per heavy atom. The monoisotopic (exact) mass is 324 g/mol. The third-order valence-corrected chi connectivity index (χ3v) is 5.72. The number of rotatable bonds is 3. The molecule has 0 saturated heterocycles.